The Balaban J connectivity index is 1.42. The Morgan fingerprint density at radius 2 is 1.78 bits per heavy atom. The summed E-state index contributed by atoms with van der Waals surface area (Å²) in [5, 5.41) is 3.51. The summed E-state index contributed by atoms with van der Waals surface area (Å²) in [6, 6.07) is 14.8. The van der Waals surface area contributed by atoms with Crippen LogP contribution in [0.1, 0.15) is 31.6 Å². The van der Waals surface area contributed by atoms with Crippen molar-refractivity contribution >= 4 is 30.8 Å². The zero-order valence-electron chi connectivity index (χ0n) is 20.6. The van der Waals surface area contributed by atoms with Crippen LogP contribution >= 0.6 is 19.2 Å². The third kappa shape index (κ3) is 7.17. The number of amides is 1. The second kappa shape index (κ2) is 12.3. The van der Waals surface area contributed by atoms with Crippen LogP contribution < -0.4 is 5.32 Å². The van der Waals surface area contributed by atoms with E-state index >= 15 is 0 Å². The summed E-state index contributed by atoms with van der Waals surface area (Å²) >= 11 is 6.04. The number of halogens is 1. The first kappa shape index (κ1) is 26.8. The summed E-state index contributed by atoms with van der Waals surface area (Å²) in [6.45, 7) is 4.17. The van der Waals surface area contributed by atoms with Gasteiger partial charge >= 0.3 is 13.6 Å². The largest absolute Gasteiger partial charge is 0.427 e. The van der Waals surface area contributed by atoms with Crippen LogP contribution in [0.3, 0.4) is 0 Å². The van der Waals surface area contributed by atoms with E-state index in [-0.39, 0.29) is 18.5 Å². The van der Waals surface area contributed by atoms with E-state index in [4.69, 9.17) is 25.1 Å². The highest BCUT2D eigenvalue weighted by molar-refractivity contribution is 7.53. The first-order valence-corrected chi connectivity index (χ1v) is 14.0. The minimum absolute atomic E-state index is 0.168. The molecule has 9 nitrogen and oxygen atoms in total. The lowest BCUT2D eigenvalue weighted by Gasteiger charge is -2.17. The molecule has 0 radical (unpaired) electrons. The van der Waals surface area contributed by atoms with Crippen LogP contribution in [-0.4, -0.2) is 33.7 Å². The maximum absolute atomic E-state index is 12.7. The molecule has 0 unspecified atom stereocenters. The van der Waals surface area contributed by atoms with Gasteiger partial charge in [0.15, 0.2) is 0 Å². The molecule has 194 valence electrons. The normalized spacial score (nSPS) is 11.5. The number of hydrogen-bond acceptors (Lipinski definition) is 7. The van der Waals surface area contributed by atoms with Crippen molar-refractivity contribution in [1.29, 1.82) is 0 Å². The molecule has 0 bridgehead atoms. The first-order chi connectivity index (χ1) is 17.9. The van der Waals surface area contributed by atoms with Crippen molar-refractivity contribution in [2.45, 2.75) is 32.9 Å². The van der Waals surface area contributed by atoms with E-state index in [0.29, 0.717) is 47.8 Å². The Hall–Kier alpha value is -3.23. The fraction of sp³-hybridized carbons (Fsp3) is 0.269. The van der Waals surface area contributed by atoms with Gasteiger partial charge in [-0.05, 0) is 43.7 Å². The number of benzene rings is 2. The lowest BCUT2D eigenvalue weighted by Crippen LogP contribution is -2.12. The van der Waals surface area contributed by atoms with Gasteiger partial charge in [0.2, 0.25) is 5.91 Å². The number of aromatic nitrogens is 3. The van der Waals surface area contributed by atoms with Crippen LogP contribution in [0.5, 0.6) is 0 Å². The minimum Gasteiger partial charge on any atom is -0.427 e. The number of nitrogens with zero attached hydrogens (tertiary/aromatic N) is 3. The highest BCUT2D eigenvalue weighted by Gasteiger charge is 2.24. The van der Waals surface area contributed by atoms with Crippen LogP contribution in [-0.2, 0) is 31.0 Å². The van der Waals surface area contributed by atoms with E-state index in [1.165, 1.54) is 0 Å². The van der Waals surface area contributed by atoms with Crippen molar-refractivity contribution in [3.05, 3.63) is 83.6 Å². The molecular formula is C26H28ClN4O5P. The average Bonchev–Trinajstić information content (AvgIpc) is 3.55. The number of oxazole rings is 1. The molecule has 0 saturated carbocycles. The van der Waals surface area contributed by atoms with Gasteiger partial charge in [-0.15, -0.1) is 0 Å². The molecule has 2 aromatic heterocycles. The first-order valence-electron chi connectivity index (χ1n) is 11.9. The van der Waals surface area contributed by atoms with Crippen molar-refractivity contribution in [1.82, 2.24) is 14.5 Å². The molecular weight excluding hydrogens is 515 g/mol. The fourth-order valence-corrected chi connectivity index (χ4v) is 5.54. The van der Waals surface area contributed by atoms with Crippen molar-refractivity contribution in [2.24, 2.45) is 0 Å². The van der Waals surface area contributed by atoms with Gasteiger partial charge in [0, 0.05) is 41.5 Å². The number of aryl methyl sites for hydroxylation is 1. The van der Waals surface area contributed by atoms with Gasteiger partial charge in [-0.1, -0.05) is 35.9 Å². The Morgan fingerprint density at radius 1 is 1.08 bits per heavy atom. The Labute approximate surface area is 220 Å². The van der Waals surface area contributed by atoms with E-state index in [2.05, 4.69) is 15.3 Å². The van der Waals surface area contributed by atoms with E-state index in [1.54, 1.807) is 73.5 Å². The van der Waals surface area contributed by atoms with Crippen LogP contribution in [0.25, 0.3) is 17.3 Å². The standard InChI is InChI=1S/C26H28ClN4O5P/c1-3-34-37(33,35-4-2)17-19-5-11-22(12-6-19)29-24(32)14-13-23-25(20-7-9-21(27)10-8-20)30-26(36-23)31-16-15-28-18-31/h5-12,15-16,18H,3-4,13-14,17H2,1-2H3,(H,29,32). The predicted molar refractivity (Wildman–Crippen MR) is 142 cm³/mol. The molecule has 0 saturated heterocycles. The van der Waals surface area contributed by atoms with Crippen LogP contribution in [0.2, 0.25) is 5.02 Å². The van der Waals surface area contributed by atoms with Gasteiger partial charge in [-0.3, -0.25) is 13.9 Å². The Kier molecular flexibility index (Phi) is 8.95. The number of hydrogen-bond donors (Lipinski definition) is 1. The molecule has 0 atom stereocenters. The summed E-state index contributed by atoms with van der Waals surface area (Å²) in [4.78, 5) is 21.4. The highest BCUT2D eigenvalue weighted by Crippen LogP contribution is 2.51. The molecule has 4 rings (SSSR count). The third-order valence-electron chi connectivity index (χ3n) is 5.37. The molecule has 0 aliphatic carbocycles. The van der Waals surface area contributed by atoms with Gasteiger partial charge in [-0.25, -0.2) is 4.98 Å². The minimum atomic E-state index is -3.19. The molecule has 11 heteroatoms. The summed E-state index contributed by atoms with van der Waals surface area (Å²) < 4.78 is 31.1. The fourth-order valence-electron chi connectivity index (χ4n) is 3.71. The Morgan fingerprint density at radius 3 is 2.41 bits per heavy atom. The van der Waals surface area contributed by atoms with Crippen LogP contribution in [0.4, 0.5) is 5.69 Å². The molecule has 1 amide bonds. The molecule has 0 fully saturated rings. The maximum atomic E-state index is 12.7. The van der Waals surface area contributed by atoms with Gasteiger partial charge in [0.1, 0.15) is 17.8 Å². The van der Waals surface area contributed by atoms with Crippen molar-refractivity contribution < 1.29 is 22.8 Å². The van der Waals surface area contributed by atoms with Crippen LogP contribution in [0, 0.1) is 0 Å². The molecule has 4 aromatic rings. The highest BCUT2D eigenvalue weighted by atomic mass is 35.5. The number of nitrogens with one attached hydrogen (secondary N) is 1. The summed E-state index contributed by atoms with van der Waals surface area (Å²) in [5.74, 6) is 0.406. The summed E-state index contributed by atoms with van der Waals surface area (Å²) in [5.41, 5.74) is 2.91. The number of carbonyl (C=O) groups excluding carboxylic acids is 1. The predicted octanol–water partition coefficient (Wildman–Crippen LogP) is 6.52. The lowest BCUT2D eigenvalue weighted by molar-refractivity contribution is -0.116. The molecule has 0 aliphatic rings. The zero-order valence-corrected chi connectivity index (χ0v) is 22.2. The van der Waals surface area contributed by atoms with Crippen molar-refractivity contribution in [3.8, 4) is 17.3 Å². The monoisotopic (exact) mass is 542 g/mol. The molecule has 37 heavy (non-hydrogen) atoms. The van der Waals surface area contributed by atoms with Crippen LogP contribution in [0.15, 0.2) is 71.7 Å². The van der Waals surface area contributed by atoms with Gasteiger partial charge < -0.3 is 18.8 Å². The van der Waals surface area contributed by atoms with Crippen molar-refractivity contribution in [2.75, 3.05) is 18.5 Å². The number of rotatable bonds is 12. The molecule has 0 spiro atoms. The number of anilines is 1. The number of imidazole rings is 1. The molecule has 2 heterocycles. The smallest absolute Gasteiger partial charge is 0.335 e. The molecule has 2 aromatic carbocycles. The third-order valence-corrected chi connectivity index (χ3v) is 7.68. The van der Waals surface area contributed by atoms with Gasteiger partial charge in [0.25, 0.3) is 0 Å². The van der Waals surface area contributed by atoms with E-state index in [1.807, 2.05) is 12.1 Å². The number of carbonyl (C=O) groups is 1. The van der Waals surface area contributed by atoms with E-state index in [9.17, 15) is 9.36 Å². The average molecular weight is 543 g/mol. The second-order valence-electron chi connectivity index (χ2n) is 8.09. The van der Waals surface area contributed by atoms with E-state index in [0.717, 1.165) is 11.1 Å². The van der Waals surface area contributed by atoms with Gasteiger partial charge in [-0.2, -0.15) is 4.98 Å². The lowest BCUT2D eigenvalue weighted by atomic mass is 10.1. The quantitative estimate of drug-likeness (QED) is 0.203. The topological polar surface area (TPSA) is 108 Å². The zero-order chi connectivity index (χ0) is 26.3. The maximum Gasteiger partial charge on any atom is 0.335 e. The van der Waals surface area contributed by atoms with E-state index < -0.39 is 7.60 Å². The second-order valence-corrected chi connectivity index (χ2v) is 10.6. The summed E-state index contributed by atoms with van der Waals surface area (Å²) in [7, 11) is -3.19. The molecule has 0 aliphatic heterocycles. The summed E-state index contributed by atoms with van der Waals surface area (Å²) in [6.07, 6.45) is 5.66. The van der Waals surface area contributed by atoms with Gasteiger partial charge in [0.05, 0.1) is 19.4 Å². The SMILES string of the molecule is CCOP(=O)(Cc1ccc(NC(=O)CCc2oc(-n3ccnc3)nc2-c2ccc(Cl)cc2)cc1)OCC. The van der Waals surface area contributed by atoms with Crippen molar-refractivity contribution in [3.63, 3.8) is 0 Å². The molecule has 1 N–H and O–H groups in total. The Bertz CT molecular complexity index is 1340.